The van der Waals surface area contributed by atoms with E-state index in [1.54, 1.807) is 7.11 Å². The number of aromatic nitrogens is 2. The maximum Gasteiger partial charge on any atom is 0.298 e. The predicted octanol–water partition coefficient (Wildman–Crippen LogP) is 4.03. The second-order valence-corrected chi connectivity index (χ2v) is 8.23. The van der Waals surface area contributed by atoms with E-state index in [0.717, 1.165) is 23.0 Å². The molecule has 0 bridgehead atoms. The molecule has 0 radical (unpaired) electrons. The number of aliphatic hydroxyl groups excluding tert-OH is 1. The van der Waals surface area contributed by atoms with Gasteiger partial charge in [0.05, 0.1) is 56.7 Å². The zero-order chi connectivity index (χ0) is 24.2. The van der Waals surface area contributed by atoms with Gasteiger partial charge in [-0.2, -0.15) is 4.98 Å². The second-order valence-electron chi connectivity index (χ2n) is 8.23. The Labute approximate surface area is 201 Å². The zero-order valence-electron chi connectivity index (χ0n) is 20.2. The minimum Gasteiger partial charge on any atom is -0.454 e. The van der Waals surface area contributed by atoms with Gasteiger partial charge < -0.3 is 24.1 Å². The minimum absolute atomic E-state index is 0.452. The molecule has 0 aliphatic heterocycles. The molecule has 3 rings (SSSR count). The van der Waals surface area contributed by atoms with E-state index in [4.69, 9.17) is 18.9 Å². The lowest BCUT2D eigenvalue weighted by molar-refractivity contribution is 0.0212. The number of rotatable bonds is 16. The van der Waals surface area contributed by atoms with Crippen LogP contribution < -0.4 is 4.74 Å². The molecule has 3 aromatic rings. The van der Waals surface area contributed by atoms with Crippen molar-refractivity contribution in [3.8, 4) is 6.01 Å². The lowest BCUT2D eigenvalue weighted by Gasteiger charge is -2.24. The predicted molar refractivity (Wildman–Crippen MR) is 133 cm³/mol. The van der Waals surface area contributed by atoms with Gasteiger partial charge in [0.2, 0.25) is 0 Å². The fourth-order valence-electron chi connectivity index (χ4n) is 3.71. The van der Waals surface area contributed by atoms with Gasteiger partial charge >= 0.3 is 0 Å². The molecular formula is C27H36N2O5. The highest BCUT2D eigenvalue weighted by atomic mass is 16.5. The largest absolute Gasteiger partial charge is 0.454 e. The van der Waals surface area contributed by atoms with E-state index >= 15 is 0 Å². The molecule has 0 amide bonds. The number of aryl methyl sites for hydroxylation is 1. The molecule has 0 saturated heterocycles. The van der Waals surface area contributed by atoms with Crippen molar-refractivity contribution in [2.45, 2.75) is 38.5 Å². The van der Waals surface area contributed by atoms with Gasteiger partial charge in [-0.1, -0.05) is 49.0 Å². The summed E-state index contributed by atoms with van der Waals surface area (Å²) in [5.41, 5.74) is 3.72. The van der Waals surface area contributed by atoms with Crippen LogP contribution in [0.15, 0.2) is 66.7 Å². The Morgan fingerprint density at radius 1 is 0.971 bits per heavy atom. The Morgan fingerprint density at radius 3 is 2.38 bits per heavy atom. The van der Waals surface area contributed by atoms with E-state index in [1.807, 2.05) is 54.0 Å². The van der Waals surface area contributed by atoms with Crippen molar-refractivity contribution in [3.63, 3.8) is 0 Å². The average Bonchev–Trinajstić information content (AvgIpc) is 3.20. The molecule has 2 aromatic carbocycles. The molecule has 7 heteroatoms. The summed E-state index contributed by atoms with van der Waals surface area (Å²) in [6.45, 7) is 9.12. The molecule has 0 aliphatic rings. The maximum absolute atomic E-state index is 10.9. The average molecular weight is 469 g/mol. The number of ether oxygens (including phenoxy) is 4. The third kappa shape index (κ3) is 7.67. The summed E-state index contributed by atoms with van der Waals surface area (Å²) in [7, 11) is 1.65. The van der Waals surface area contributed by atoms with Crippen molar-refractivity contribution in [2.24, 2.45) is 0 Å². The van der Waals surface area contributed by atoms with Crippen LogP contribution in [0.5, 0.6) is 6.01 Å². The molecule has 1 N–H and O–H groups in total. The van der Waals surface area contributed by atoms with Gasteiger partial charge in [-0.15, -0.1) is 0 Å². The molecule has 1 heterocycles. The molecular weight excluding hydrogens is 432 g/mol. The Balaban J connectivity index is 1.63. The summed E-state index contributed by atoms with van der Waals surface area (Å²) in [5, 5.41) is 10.9. The van der Waals surface area contributed by atoms with Crippen LogP contribution in [0.4, 0.5) is 0 Å². The first kappa shape index (κ1) is 25.9. The van der Waals surface area contributed by atoms with Crippen LogP contribution in [0.2, 0.25) is 0 Å². The van der Waals surface area contributed by atoms with Crippen molar-refractivity contribution in [3.05, 3.63) is 72.3 Å². The van der Waals surface area contributed by atoms with Gasteiger partial charge in [0.25, 0.3) is 6.01 Å². The van der Waals surface area contributed by atoms with E-state index in [1.165, 1.54) is 5.56 Å². The van der Waals surface area contributed by atoms with E-state index < -0.39 is 12.2 Å². The summed E-state index contributed by atoms with van der Waals surface area (Å²) in [6.07, 6.45) is 0.0561. The number of fused-ring (bicyclic) bond motifs is 1. The fourth-order valence-corrected chi connectivity index (χ4v) is 3.71. The lowest BCUT2D eigenvalue weighted by atomic mass is 10.00. The summed E-state index contributed by atoms with van der Waals surface area (Å²) >= 11 is 0. The summed E-state index contributed by atoms with van der Waals surface area (Å²) in [5.74, 6) is 0. The second kappa shape index (κ2) is 13.9. The van der Waals surface area contributed by atoms with Crippen molar-refractivity contribution in [1.82, 2.24) is 9.55 Å². The first-order valence-electron chi connectivity index (χ1n) is 11.7. The van der Waals surface area contributed by atoms with Gasteiger partial charge in [-0.3, -0.25) is 4.57 Å². The lowest BCUT2D eigenvalue weighted by Crippen LogP contribution is -2.34. The Hall–Kier alpha value is -2.71. The molecule has 0 fully saturated rings. The van der Waals surface area contributed by atoms with Crippen molar-refractivity contribution in [2.75, 3.05) is 40.1 Å². The number of hydrogen-bond acceptors (Lipinski definition) is 6. The summed E-state index contributed by atoms with van der Waals surface area (Å²) < 4.78 is 24.4. The third-order valence-corrected chi connectivity index (χ3v) is 5.52. The molecule has 184 valence electrons. The van der Waals surface area contributed by atoms with Crippen molar-refractivity contribution >= 4 is 11.0 Å². The normalized spacial score (nSPS) is 13.1. The molecule has 1 aromatic heterocycles. The molecule has 2 atom stereocenters. The van der Waals surface area contributed by atoms with Gasteiger partial charge in [0.1, 0.15) is 6.10 Å². The SMILES string of the molecule is C=C(C)[C@H](Oc1nc2ccccc2n1CCOCCOCCOC)[C@H](O)CCc1ccccc1. The number of imidazole rings is 1. The fraction of sp³-hybridized carbons (Fsp3) is 0.444. The first-order chi connectivity index (χ1) is 16.6. The van der Waals surface area contributed by atoms with E-state index in [9.17, 15) is 5.11 Å². The number of hydrogen-bond donors (Lipinski definition) is 1. The van der Waals surface area contributed by atoms with E-state index in [2.05, 4.69) is 23.7 Å². The number of aliphatic hydroxyl groups is 1. The topological polar surface area (TPSA) is 75.0 Å². The highest BCUT2D eigenvalue weighted by molar-refractivity contribution is 5.76. The van der Waals surface area contributed by atoms with Crippen molar-refractivity contribution < 1.29 is 24.1 Å². The zero-order valence-corrected chi connectivity index (χ0v) is 20.2. The number of nitrogens with zero attached hydrogens (tertiary/aromatic N) is 2. The Morgan fingerprint density at radius 2 is 1.65 bits per heavy atom. The highest BCUT2D eigenvalue weighted by Gasteiger charge is 2.25. The van der Waals surface area contributed by atoms with Crippen LogP contribution >= 0.6 is 0 Å². The van der Waals surface area contributed by atoms with E-state index in [0.29, 0.717) is 52.0 Å². The molecule has 0 saturated carbocycles. The number of para-hydroxylation sites is 2. The summed E-state index contributed by atoms with van der Waals surface area (Å²) in [4.78, 5) is 4.68. The van der Waals surface area contributed by atoms with Crippen LogP contribution in [-0.4, -0.2) is 67.0 Å². The molecule has 0 unspecified atom stereocenters. The van der Waals surface area contributed by atoms with Gasteiger partial charge in [0, 0.05) is 7.11 Å². The summed E-state index contributed by atoms with van der Waals surface area (Å²) in [6, 6.07) is 18.4. The standard InChI is InChI=1S/C27H36N2O5/c1-21(2)26(25(30)14-13-22-9-5-4-6-10-22)34-27-28-23-11-7-8-12-24(23)29(27)15-16-32-19-20-33-18-17-31-3/h4-12,25-26,30H,1,13-20H2,2-3H3/t25-,26+/m1/s1. The maximum atomic E-state index is 10.9. The molecule has 34 heavy (non-hydrogen) atoms. The van der Waals surface area contributed by atoms with Crippen molar-refractivity contribution in [1.29, 1.82) is 0 Å². The Bertz CT molecular complexity index is 1000. The number of benzene rings is 2. The van der Waals surface area contributed by atoms with E-state index in [-0.39, 0.29) is 0 Å². The van der Waals surface area contributed by atoms with Crippen LogP contribution in [0.25, 0.3) is 11.0 Å². The van der Waals surface area contributed by atoms with Crippen LogP contribution in [0.1, 0.15) is 18.9 Å². The molecule has 7 nitrogen and oxygen atoms in total. The smallest absolute Gasteiger partial charge is 0.298 e. The van der Waals surface area contributed by atoms with Gasteiger partial charge in [0.15, 0.2) is 0 Å². The quantitative estimate of drug-likeness (QED) is 0.253. The number of methoxy groups -OCH3 is 1. The van der Waals surface area contributed by atoms with Crippen LogP contribution in [-0.2, 0) is 27.2 Å². The van der Waals surface area contributed by atoms with Gasteiger partial charge in [-0.25, -0.2) is 0 Å². The monoisotopic (exact) mass is 468 g/mol. The molecule has 0 spiro atoms. The molecule has 0 aliphatic carbocycles. The van der Waals surface area contributed by atoms with Crippen LogP contribution in [0, 0.1) is 0 Å². The highest BCUT2D eigenvalue weighted by Crippen LogP contribution is 2.25. The third-order valence-electron chi connectivity index (χ3n) is 5.52. The minimum atomic E-state index is -0.702. The Kier molecular flexibility index (Phi) is 10.6. The van der Waals surface area contributed by atoms with Gasteiger partial charge in [-0.05, 0) is 43.0 Å². The first-order valence-corrected chi connectivity index (χ1v) is 11.7. The van der Waals surface area contributed by atoms with Crippen LogP contribution in [0.3, 0.4) is 0 Å².